The lowest BCUT2D eigenvalue weighted by Gasteiger charge is -2.34. The van der Waals surface area contributed by atoms with Crippen molar-refractivity contribution in [3.8, 4) is 0 Å². The highest BCUT2D eigenvalue weighted by molar-refractivity contribution is 6.30. The number of rotatable bonds is 5. The summed E-state index contributed by atoms with van der Waals surface area (Å²) < 4.78 is 13.6. The molecule has 0 unspecified atom stereocenters. The monoisotopic (exact) mass is 389 g/mol. The lowest BCUT2D eigenvalue weighted by molar-refractivity contribution is -0.132. The molecule has 0 saturated carbocycles. The summed E-state index contributed by atoms with van der Waals surface area (Å²) in [6.45, 7) is 2.53. The van der Waals surface area contributed by atoms with Crippen molar-refractivity contribution in [2.45, 2.75) is 6.42 Å². The number of carbonyl (C=O) groups is 2. The number of halogens is 2. The van der Waals surface area contributed by atoms with E-state index in [1.54, 1.807) is 29.2 Å². The fourth-order valence-electron chi connectivity index (χ4n) is 3.00. The Labute approximate surface area is 162 Å². The van der Waals surface area contributed by atoms with Crippen molar-refractivity contribution in [2.75, 3.05) is 38.0 Å². The topological polar surface area (TPSA) is 52.7 Å². The molecular weight excluding hydrogens is 369 g/mol. The van der Waals surface area contributed by atoms with Crippen LogP contribution < -0.4 is 5.32 Å². The molecule has 3 rings (SSSR count). The third-order valence-corrected chi connectivity index (χ3v) is 4.76. The van der Waals surface area contributed by atoms with Crippen LogP contribution in [0, 0.1) is 5.82 Å². The molecule has 1 heterocycles. The van der Waals surface area contributed by atoms with Gasteiger partial charge in [-0.1, -0.05) is 35.9 Å². The predicted octanol–water partition coefficient (Wildman–Crippen LogP) is 2.80. The number of anilines is 1. The van der Waals surface area contributed by atoms with E-state index in [-0.39, 0.29) is 24.0 Å². The normalized spacial score (nSPS) is 14.8. The van der Waals surface area contributed by atoms with E-state index in [9.17, 15) is 14.0 Å². The third-order valence-electron chi connectivity index (χ3n) is 4.51. The predicted molar refractivity (Wildman–Crippen MR) is 103 cm³/mol. The summed E-state index contributed by atoms with van der Waals surface area (Å²) in [6, 6.07) is 13.3. The summed E-state index contributed by atoms with van der Waals surface area (Å²) in [4.78, 5) is 28.3. The van der Waals surface area contributed by atoms with Crippen LogP contribution in [0.2, 0.25) is 5.02 Å². The van der Waals surface area contributed by atoms with Gasteiger partial charge in [-0.05, 0) is 29.8 Å². The van der Waals surface area contributed by atoms with E-state index in [4.69, 9.17) is 11.6 Å². The SMILES string of the molecule is O=C(CN1CCN(C(=O)Cc2ccc(Cl)cc2)CC1)Nc1ccccc1F. The van der Waals surface area contributed by atoms with Crippen molar-refractivity contribution >= 4 is 29.1 Å². The number of benzene rings is 2. The second-order valence-corrected chi connectivity index (χ2v) is 6.92. The van der Waals surface area contributed by atoms with Gasteiger partial charge in [0.25, 0.3) is 0 Å². The average molecular weight is 390 g/mol. The molecule has 5 nitrogen and oxygen atoms in total. The quantitative estimate of drug-likeness (QED) is 0.855. The first-order chi connectivity index (χ1) is 13.0. The van der Waals surface area contributed by atoms with Gasteiger partial charge in [0.05, 0.1) is 18.7 Å². The second-order valence-electron chi connectivity index (χ2n) is 6.49. The number of carbonyl (C=O) groups excluding carboxylic acids is 2. The van der Waals surface area contributed by atoms with E-state index in [1.165, 1.54) is 12.1 Å². The Kier molecular flexibility index (Phi) is 6.42. The molecule has 0 bridgehead atoms. The van der Waals surface area contributed by atoms with Crippen LogP contribution >= 0.6 is 11.6 Å². The Morgan fingerprint density at radius 1 is 1.00 bits per heavy atom. The molecule has 1 N–H and O–H groups in total. The number of amides is 2. The molecule has 27 heavy (non-hydrogen) atoms. The fraction of sp³-hybridized carbons (Fsp3) is 0.300. The van der Waals surface area contributed by atoms with Gasteiger partial charge in [0.2, 0.25) is 11.8 Å². The fourth-order valence-corrected chi connectivity index (χ4v) is 3.13. The highest BCUT2D eigenvalue weighted by Crippen LogP contribution is 2.13. The maximum atomic E-state index is 13.6. The lowest BCUT2D eigenvalue weighted by Crippen LogP contribution is -2.50. The summed E-state index contributed by atoms with van der Waals surface area (Å²) >= 11 is 5.86. The number of hydrogen-bond acceptors (Lipinski definition) is 3. The molecule has 1 aliphatic heterocycles. The minimum atomic E-state index is -0.455. The number of piperazine rings is 1. The summed E-state index contributed by atoms with van der Waals surface area (Å²) in [7, 11) is 0. The number of nitrogens with zero attached hydrogens (tertiary/aromatic N) is 2. The van der Waals surface area contributed by atoms with Gasteiger partial charge >= 0.3 is 0 Å². The first kappa shape index (κ1) is 19.3. The molecule has 2 aromatic rings. The number of para-hydroxylation sites is 1. The summed E-state index contributed by atoms with van der Waals surface area (Å²) in [5, 5.41) is 3.23. The first-order valence-electron chi connectivity index (χ1n) is 8.80. The third kappa shape index (κ3) is 5.52. The van der Waals surface area contributed by atoms with Crippen LogP contribution in [0.5, 0.6) is 0 Å². The van der Waals surface area contributed by atoms with E-state index in [1.807, 2.05) is 17.0 Å². The maximum absolute atomic E-state index is 13.6. The average Bonchev–Trinajstić information content (AvgIpc) is 2.66. The van der Waals surface area contributed by atoms with Crippen LogP contribution in [0.1, 0.15) is 5.56 Å². The van der Waals surface area contributed by atoms with E-state index in [0.717, 1.165) is 5.56 Å². The standard InChI is InChI=1S/C20H21ClFN3O2/c21-16-7-5-15(6-8-16)13-20(27)25-11-9-24(10-12-25)14-19(26)23-18-4-2-1-3-17(18)22/h1-8H,9-14H2,(H,23,26). The Morgan fingerprint density at radius 2 is 1.67 bits per heavy atom. The van der Waals surface area contributed by atoms with Crippen molar-refractivity contribution in [3.05, 3.63) is 64.9 Å². The molecule has 1 aliphatic rings. The van der Waals surface area contributed by atoms with Gasteiger partial charge in [0.15, 0.2) is 0 Å². The van der Waals surface area contributed by atoms with Crippen LogP contribution in [-0.2, 0) is 16.0 Å². The molecule has 0 radical (unpaired) electrons. The summed E-state index contributed by atoms with van der Waals surface area (Å²) in [5.41, 5.74) is 1.11. The molecule has 7 heteroatoms. The smallest absolute Gasteiger partial charge is 0.238 e. The highest BCUT2D eigenvalue weighted by Gasteiger charge is 2.22. The molecular formula is C20H21ClFN3O2. The molecule has 1 fully saturated rings. The highest BCUT2D eigenvalue weighted by atomic mass is 35.5. The maximum Gasteiger partial charge on any atom is 0.238 e. The molecule has 0 aliphatic carbocycles. The van der Waals surface area contributed by atoms with Gasteiger partial charge < -0.3 is 10.2 Å². The molecule has 1 saturated heterocycles. The second kappa shape index (κ2) is 8.97. The van der Waals surface area contributed by atoms with Crippen molar-refractivity contribution in [1.82, 2.24) is 9.80 Å². The first-order valence-corrected chi connectivity index (χ1v) is 9.18. The Bertz CT molecular complexity index is 805. The van der Waals surface area contributed by atoms with Crippen LogP contribution in [0.15, 0.2) is 48.5 Å². The van der Waals surface area contributed by atoms with Crippen LogP contribution in [0.25, 0.3) is 0 Å². The number of nitrogens with one attached hydrogen (secondary N) is 1. The van der Waals surface area contributed by atoms with E-state index >= 15 is 0 Å². The van der Waals surface area contributed by atoms with E-state index in [0.29, 0.717) is 37.6 Å². The Balaban J connectivity index is 1.44. The van der Waals surface area contributed by atoms with Gasteiger partial charge in [-0.3, -0.25) is 14.5 Å². The van der Waals surface area contributed by atoms with Crippen molar-refractivity contribution in [2.24, 2.45) is 0 Å². The zero-order valence-corrected chi connectivity index (χ0v) is 15.6. The molecule has 2 aromatic carbocycles. The number of hydrogen-bond donors (Lipinski definition) is 1. The molecule has 2 amide bonds. The molecule has 142 valence electrons. The van der Waals surface area contributed by atoms with Crippen LogP contribution in [0.3, 0.4) is 0 Å². The molecule has 0 spiro atoms. The zero-order chi connectivity index (χ0) is 19.2. The summed E-state index contributed by atoms with van der Waals surface area (Å²) in [5.74, 6) is -0.655. The van der Waals surface area contributed by atoms with Gasteiger partial charge in [-0.15, -0.1) is 0 Å². The summed E-state index contributed by atoms with van der Waals surface area (Å²) in [6.07, 6.45) is 0.338. The molecule has 0 atom stereocenters. The van der Waals surface area contributed by atoms with E-state index in [2.05, 4.69) is 5.32 Å². The van der Waals surface area contributed by atoms with Crippen LogP contribution in [-0.4, -0.2) is 54.3 Å². The lowest BCUT2D eigenvalue weighted by atomic mass is 10.1. The van der Waals surface area contributed by atoms with Gasteiger partial charge in [-0.25, -0.2) is 4.39 Å². The Morgan fingerprint density at radius 3 is 2.33 bits per heavy atom. The Hall–Kier alpha value is -2.44. The van der Waals surface area contributed by atoms with Crippen LogP contribution in [0.4, 0.5) is 10.1 Å². The zero-order valence-electron chi connectivity index (χ0n) is 14.8. The molecule has 0 aromatic heterocycles. The van der Waals surface area contributed by atoms with Crippen molar-refractivity contribution in [3.63, 3.8) is 0 Å². The van der Waals surface area contributed by atoms with Crippen molar-refractivity contribution in [1.29, 1.82) is 0 Å². The minimum Gasteiger partial charge on any atom is -0.340 e. The van der Waals surface area contributed by atoms with Gasteiger partial charge in [0, 0.05) is 31.2 Å². The van der Waals surface area contributed by atoms with Gasteiger partial charge in [0.1, 0.15) is 5.82 Å². The van der Waals surface area contributed by atoms with Gasteiger partial charge in [-0.2, -0.15) is 0 Å². The van der Waals surface area contributed by atoms with E-state index < -0.39 is 5.82 Å². The van der Waals surface area contributed by atoms with Crippen molar-refractivity contribution < 1.29 is 14.0 Å². The largest absolute Gasteiger partial charge is 0.340 e. The minimum absolute atomic E-state index is 0.0628.